The van der Waals surface area contributed by atoms with Gasteiger partial charge in [-0.3, -0.25) is 4.79 Å². The minimum absolute atomic E-state index is 0.0372. The molecule has 23 heavy (non-hydrogen) atoms. The highest BCUT2D eigenvalue weighted by atomic mass is 16.9. The molecule has 1 N–H and O–H groups in total. The van der Waals surface area contributed by atoms with Gasteiger partial charge in [0, 0.05) is 6.92 Å². The maximum Gasteiger partial charge on any atom is 0.339 e. The van der Waals surface area contributed by atoms with E-state index < -0.39 is 22.4 Å². The maximum atomic E-state index is 11.4. The molecule has 0 fully saturated rings. The van der Waals surface area contributed by atoms with Crippen LogP contribution in [0.3, 0.4) is 0 Å². The lowest BCUT2D eigenvalue weighted by atomic mass is 9.85. The van der Waals surface area contributed by atoms with Gasteiger partial charge in [0.2, 0.25) is 0 Å². The maximum absolute atomic E-state index is 11.4. The van der Waals surface area contributed by atoms with E-state index in [9.17, 15) is 24.8 Å². The van der Waals surface area contributed by atoms with E-state index in [0.29, 0.717) is 11.1 Å². The SMILES string of the molecule is CC(=O)Oc1c(CC(C)(C)CO[N+](=O)[O-])cc(C)cc1C(=O)O. The number of esters is 1. The highest BCUT2D eigenvalue weighted by molar-refractivity contribution is 5.92. The van der Waals surface area contributed by atoms with E-state index in [1.165, 1.54) is 13.0 Å². The number of hydrogen-bond donors (Lipinski definition) is 1. The zero-order chi connectivity index (χ0) is 17.8. The van der Waals surface area contributed by atoms with Gasteiger partial charge in [0.25, 0.3) is 5.09 Å². The average molecular weight is 325 g/mol. The molecule has 0 saturated carbocycles. The van der Waals surface area contributed by atoms with Gasteiger partial charge in [-0.05, 0) is 36.0 Å². The van der Waals surface area contributed by atoms with Crippen LogP contribution in [0.5, 0.6) is 5.75 Å². The summed E-state index contributed by atoms with van der Waals surface area (Å²) in [6.07, 6.45) is 0.241. The quantitative estimate of drug-likeness (QED) is 0.354. The summed E-state index contributed by atoms with van der Waals surface area (Å²) in [4.78, 5) is 37.4. The summed E-state index contributed by atoms with van der Waals surface area (Å²) in [5, 5.41) is 18.8. The Morgan fingerprint density at radius 3 is 2.43 bits per heavy atom. The van der Waals surface area contributed by atoms with Crippen molar-refractivity contribution < 1.29 is 29.4 Å². The lowest BCUT2D eigenvalue weighted by Crippen LogP contribution is -2.25. The van der Waals surface area contributed by atoms with Crippen molar-refractivity contribution in [3.8, 4) is 5.75 Å². The molecular formula is C15H19NO7. The van der Waals surface area contributed by atoms with E-state index in [1.54, 1.807) is 26.8 Å². The van der Waals surface area contributed by atoms with E-state index in [4.69, 9.17) is 4.74 Å². The van der Waals surface area contributed by atoms with Crippen LogP contribution in [0.2, 0.25) is 0 Å². The van der Waals surface area contributed by atoms with Crippen LogP contribution < -0.4 is 4.74 Å². The molecule has 0 amide bonds. The van der Waals surface area contributed by atoms with E-state index >= 15 is 0 Å². The molecule has 0 bridgehead atoms. The number of aromatic carboxylic acids is 1. The van der Waals surface area contributed by atoms with Gasteiger partial charge in [-0.1, -0.05) is 19.9 Å². The third kappa shape index (κ3) is 5.57. The first-order valence-electron chi connectivity index (χ1n) is 6.84. The number of carboxylic acids is 1. The van der Waals surface area contributed by atoms with Crippen molar-refractivity contribution in [2.24, 2.45) is 5.41 Å². The normalized spacial score (nSPS) is 11.0. The first-order valence-corrected chi connectivity index (χ1v) is 6.84. The lowest BCUT2D eigenvalue weighted by molar-refractivity contribution is -0.760. The molecule has 0 aromatic heterocycles. The van der Waals surface area contributed by atoms with Crippen molar-refractivity contribution in [3.63, 3.8) is 0 Å². The van der Waals surface area contributed by atoms with Gasteiger partial charge in [0.05, 0.1) is 0 Å². The number of benzene rings is 1. The number of hydrogen-bond acceptors (Lipinski definition) is 6. The van der Waals surface area contributed by atoms with Crippen LogP contribution in [0, 0.1) is 22.5 Å². The zero-order valence-corrected chi connectivity index (χ0v) is 13.4. The number of nitrogens with zero attached hydrogens (tertiary/aromatic N) is 1. The average Bonchev–Trinajstić information content (AvgIpc) is 2.38. The van der Waals surface area contributed by atoms with Gasteiger partial charge < -0.3 is 14.7 Å². The Bertz CT molecular complexity index is 637. The third-order valence-corrected chi connectivity index (χ3v) is 3.02. The standard InChI is InChI=1S/C15H19NO7/c1-9-5-11(7-15(3,4)8-22-16(20)21)13(23-10(2)17)12(6-9)14(18)19/h5-6H,7-8H2,1-4H3,(H,18,19). The molecule has 1 rings (SSSR count). The minimum atomic E-state index is -1.22. The topological polar surface area (TPSA) is 116 Å². The van der Waals surface area contributed by atoms with Crippen molar-refractivity contribution in [2.75, 3.05) is 6.61 Å². The summed E-state index contributed by atoms with van der Waals surface area (Å²) < 4.78 is 5.07. The smallest absolute Gasteiger partial charge is 0.339 e. The Labute approximate surface area is 133 Å². The summed E-state index contributed by atoms with van der Waals surface area (Å²) in [5.41, 5.74) is 0.376. The van der Waals surface area contributed by atoms with Crippen LogP contribution in [0.25, 0.3) is 0 Å². The highest BCUT2D eigenvalue weighted by Crippen LogP contribution is 2.32. The molecule has 0 aliphatic heterocycles. The summed E-state index contributed by atoms with van der Waals surface area (Å²) in [6, 6.07) is 3.10. The fourth-order valence-electron chi connectivity index (χ4n) is 2.20. The van der Waals surface area contributed by atoms with E-state index in [0.717, 1.165) is 0 Å². The number of carbonyl (C=O) groups is 2. The minimum Gasteiger partial charge on any atom is -0.478 e. The molecule has 8 heteroatoms. The molecule has 0 aliphatic rings. The molecule has 126 valence electrons. The number of carboxylic acid groups (broad SMARTS) is 1. The third-order valence-electron chi connectivity index (χ3n) is 3.02. The van der Waals surface area contributed by atoms with Crippen LogP contribution >= 0.6 is 0 Å². The Balaban J connectivity index is 3.25. The predicted molar refractivity (Wildman–Crippen MR) is 79.9 cm³/mol. The molecule has 0 atom stereocenters. The Hall–Kier alpha value is -2.64. The molecule has 0 radical (unpaired) electrons. The first-order chi connectivity index (χ1) is 10.5. The van der Waals surface area contributed by atoms with Gasteiger partial charge in [-0.2, -0.15) is 0 Å². The van der Waals surface area contributed by atoms with Crippen LogP contribution in [0.1, 0.15) is 42.3 Å². The molecule has 1 aromatic rings. The predicted octanol–water partition coefficient (Wildman–Crippen LogP) is 2.40. The van der Waals surface area contributed by atoms with Crippen molar-refractivity contribution in [2.45, 2.75) is 34.1 Å². The van der Waals surface area contributed by atoms with Crippen LogP contribution in [-0.2, 0) is 16.1 Å². The zero-order valence-electron chi connectivity index (χ0n) is 13.4. The van der Waals surface area contributed by atoms with Crippen molar-refractivity contribution in [1.82, 2.24) is 0 Å². The highest BCUT2D eigenvalue weighted by Gasteiger charge is 2.26. The van der Waals surface area contributed by atoms with Gasteiger partial charge >= 0.3 is 11.9 Å². The monoisotopic (exact) mass is 325 g/mol. The van der Waals surface area contributed by atoms with Gasteiger partial charge in [-0.25, -0.2) is 4.79 Å². The number of ether oxygens (including phenoxy) is 1. The largest absolute Gasteiger partial charge is 0.478 e. The fourth-order valence-corrected chi connectivity index (χ4v) is 2.20. The van der Waals surface area contributed by atoms with Crippen molar-refractivity contribution in [1.29, 1.82) is 0 Å². The van der Waals surface area contributed by atoms with E-state index in [-0.39, 0.29) is 24.3 Å². The molecule has 0 saturated heterocycles. The first kappa shape index (κ1) is 18.4. The lowest BCUT2D eigenvalue weighted by Gasteiger charge is -2.25. The second-order valence-corrected chi connectivity index (χ2v) is 6.04. The second-order valence-electron chi connectivity index (χ2n) is 6.04. The van der Waals surface area contributed by atoms with Crippen LogP contribution in [0.4, 0.5) is 0 Å². The summed E-state index contributed by atoms with van der Waals surface area (Å²) in [6.45, 7) is 6.19. The Morgan fingerprint density at radius 1 is 1.35 bits per heavy atom. The fraction of sp³-hybridized carbons (Fsp3) is 0.467. The van der Waals surface area contributed by atoms with E-state index in [2.05, 4.69) is 4.84 Å². The molecule has 8 nitrogen and oxygen atoms in total. The Kier molecular flexibility index (Phi) is 5.67. The van der Waals surface area contributed by atoms with E-state index in [1.807, 2.05) is 0 Å². The second kappa shape index (κ2) is 7.08. The number of carbonyl (C=O) groups excluding carboxylic acids is 1. The summed E-state index contributed by atoms with van der Waals surface area (Å²) in [5.74, 6) is -1.90. The molecule has 0 spiro atoms. The summed E-state index contributed by atoms with van der Waals surface area (Å²) >= 11 is 0. The molecule has 0 aliphatic carbocycles. The Morgan fingerprint density at radius 2 is 1.96 bits per heavy atom. The molecule has 1 aromatic carbocycles. The molecule has 0 unspecified atom stereocenters. The van der Waals surface area contributed by atoms with Gasteiger partial charge in [0.1, 0.15) is 17.9 Å². The number of aryl methyl sites for hydroxylation is 1. The van der Waals surface area contributed by atoms with Crippen LogP contribution in [0.15, 0.2) is 12.1 Å². The van der Waals surface area contributed by atoms with Crippen molar-refractivity contribution >= 4 is 11.9 Å². The summed E-state index contributed by atoms with van der Waals surface area (Å²) in [7, 11) is 0. The molecule has 0 heterocycles. The van der Waals surface area contributed by atoms with Crippen molar-refractivity contribution in [3.05, 3.63) is 38.9 Å². The van der Waals surface area contributed by atoms with Gasteiger partial charge in [-0.15, -0.1) is 10.1 Å². The molecular weight excluding hydrogens is 306 g/mol. The number of rotatable bonds is 7. The van der Waals surface area contributed by atoms with Gasteiger partial charge in [0.15, 0.2) is 0 Å². The van der Waals surface area contributed by atoms with Crippen LogP contribution in [-0.4, -0.2) is 28.7 Å².